The van der Waals surface area contributed by atoms with Gasteiger partial charge in [0.2, 0.25) is 0 Å². The number of likely N-dealkylation sites (N-methyl/N-ethyl adjacent to an activating group) is 1. The van der Waals surface area contributed by atoms with Crippen molar-refractivity contribution in [2.45, 2.75) is 13.0 Å². The normalized spacial score (nSPS) is 12.2. The van der Waals surface area contributed by atoms with E-state index in [2.05, 4.69) is 6.58 Å². The van der Waals surface area contributed by atoms with Crippen LogP contribution < -0.4 is 4.90 Å². The maximum absolute atomic E-state index is 10.8. The van der Waals surface area contributed by atoms with Crippen LogP contribution >= 0.6 is 11.3 Å². The Morgan fingerprint density at radius 3 is 2.88 bits per heavy atom. The van der Waals surface area contributed by atoms with Gasteiger partial charge in [0.25, 0.3) is 0 Å². The van der Waals surface area contributed by atoms with Crippen LogP contribution in [0.1, 0.15) is 17.9 Å². The summed E-state index contributed by atoms with van der Waals surface area (Å²) in [5.41, 5.74) is 0.0326. The van der Waals surface area contributed by atoms with Gasteiger partial charge in [0.1, 0.15) is 0 Å². The van der Waals surface area contributed by atoms with Gasteiger partial charge in [0.15, 0.2) is 5.00 Å². The van der Waals surface area contributed by atoms with Gasteiger partial charge in [-0.25, -0.2) is 0 Å². The van der Waals surface area contributed by atoms with Gasteiger partial charge in [-0.1, -0.05) is 6.08 Å². The molecule has 0 aliphatic carbocycles. The summed E-state index contributed by atoms with van der Waals surface area (Å²) in [4.78, 5) is 12.7. The third-order valence-corrected chi connectivity index (χ3v) is 3.48. The van der Waals surface area contributed by atoms with Crippen molar-refractivity contribution in [3.05, 3.63) is 33.7 Å². The number of thiophene rings is 1. The van der Waals surface area contributed by atoms with E-state index < -0.39 is 11.0 Å². The van der Waals surface area contributed by atoms with E-state index in [1.165, 1.54) is 17.4 Å². The third kappa shape index (κ3) is 2.59. The number of aliphatic hydroxyl groups excluding tert-OH is 1. The molecule has 1 heterocycles. The first-order valence-corrected chi connectivity index (χ1v) is 5.57. The first kappa shape index (κ1) is 12.7. The van der Waals surface area contributed by atoms with Gasteiger partial charge in [0.05, 0.1) is 11.0 Å². The van der Waals surface area contributed by atoms with Gasteiger partial charge in [0, 0.05) is 24.5 Å². The molecule has 0 saturated carbocycles. The average Bonchev–Trinajstić information content (AvgIpc) is 2.62. The second kappa shape index (κ2) is 5.09. The van der Waals surface area contributed by atoms with Crippen molar-refractivity contribution < 1.29 is 10.0 Å². The Morgan fingerprint density at radius 2 is 2.44 bits per heavy atom. The van der Waals surface area contributed by atoms with Crippen molar-refractivity contribution in [1.82, 2.24) is 0 Å². The number of anilines is 1. The van der Waals surface area contributed by atoms with Gasteiger partial charge in [-0.3, -0.25) is 10.1 Å². The van der Waals surface area contributed by atoms with Crippen molar-refractivity contribution in [3.63, 3.8) is 0 Å². The molecule has 0 fully saturated rings. The van der Waals surface area contributed by atoms with Crippen molar-refractivity contribution in [1.29, 1.82) is 0 Å². The summed E-state index contributed by atoms with van der Waals surface area (Å²) in [6.45, 7) is 5.70. The molecule has 6 heteroatoms. The first-order valence-electron chi connectivity index (χ1n) is 4.75. The van der Waals surface area contributed by atoms with E-state index in [0.29, 0.717) is 16.4 Å². The smallest absolute Gasteiger partial charge is 0.304 e. The summed E-state index contributed by atoms with van der Waals surface area (Å²) in [6.07, 6.45) is 0.987. The van der Waals surface area contributed by atoms with E-state index in [1.54, 1.807) is 24.9 Å². The lowest BCUT2D eigenvalue weighted by Crippen LogP contribution is -2.16. The summed E-state index contributed by atoms with van der Waals surface area (Å²) in [6, 6.07) is 1.42. The number of hydrogen-bond donors (Lipinski definition) is 1. The van der Waals surface area contributed by atoms with E-state index in [0.717, 1.165) is 0 Å². The molecule has 1 rings (SSSR count). The number of hydrogen-bond acceptors (Lipinski definition) is 5. The molecule has 0 aliphatic heterocycles. The van der Waals surface area contributed by atoms with E-state index in [1.807, 2.05) is 0 Å². The summed E-state index contributed by atoms with van der Waals surface area (Å²) >= 11 is 1.23. The molecule has 1 aromatic rings. The third-order valence-electron chi connectivity index (χ3n) is 2.07. The molecule has 0 amide bonds. The Kier molecular flexibility index (Phi) is 4.03. The van der Waals surface area contributed by atoms with Gasteiger partial charge in [-0.05, 0) is 6.92 Å². The highest BCUT2D eigenvalue weighted by Gasteiger charge is 2.23. The second-order valence-electron chi connectivity index (χ2n) is 3.44. The van der Waals surface area contributed by atoms with Crippen LogP contribution in [0.15, 0.2) is 18.7 Å². The zero-order chi connectivity index (χ0) is 12.3. The molecule has 1 N–H and O–H groups in total. The molecule has 1 aromatic heterocycles. The molecule has 5 nitrogen and oxygen atoms in total. The van der Waals surface area contributed by atoms with Crippen molar-refractivity contribution in [2.75, 3.05) is 18.5 Å². The van der Waals surface area contributed by atoms with Crippen LogP contribution in [-0.4, -0.2) is 23.6 Å². The quantitative estimate of drug-likeness (QED) is 0.489. The number of rotatable bonds is 5. The summed E-state index contributed by atoms with van der Waals surface area (Å²) in [7, 11) is 1.76. The number of aliphatic hydroxyl groups is 1. The Bertz CT molecular complexity index is 401. The van der Waals surface area contributed by atoms with Gasteiger partial charge < -0.3 is 10.0 Å². The predicted molar refractivity (Wildman–Crippen MR) is 65.1 cm³/mol. The van der Waals surface area contributed by atoms with E-state index in [4.69, 9.17) is 0 Å². The lowest BCUT2D eigenvalue weighted by atomic mass is 10.3. The molecule has 1 atom stereocenters. The van der Waals surface area contributed by atoms with Crippen molar-refractivity contribution in [2.24, 2.45) is 0 Å². The first-order chi connectivity index (χ1) is 7.47. The summed E-state index contributed by atoms with van der Waals surface area (Å²) in [5, 5.41) is 20.8. The molecule has 0 aliphatic rings. The van der Waals surface area contributed by atoms with Crippen LogP contribution in [0, 0.1) is 10.1 Å². The minimum atomic E-state index is -0.686. The molecule has 0 radical (unpaired) electrons. The number of nitrogens with zero attached hydrogens (tertiary/aromatic N) is 2. The average molecular weight is 242 g/mol. The highest BCUT2D eigenvalue weighted by atomic mass is 32.1. The van der Waals surface area contributed by atoms with Crippen molar-refractivity contribution >= 4 is 22.0 Å². The molecule has 0 unspecified atom stereocenters. The molecule has 0 spiro atoms. The van der Waals surface area contributed by atoms with E-state index >= 15 is 0 Å². The summed E-state index contributed by atoms with van der Waals surface area (Å²) in [5.74, 6) is 0. The highest BCUT2D eigenvalue weighted by molar-refractivity contribution is 7.16. The Labute approximate surface area is 97.8 Å². The lowest BCUT2D eigenvalue weighted by Gasteiger charge is -2.13. The Hall–Kier alpha value is -1.40. The monoisotopic (exact) mass is 242 g/mol. The van der Waals surface area contributed by atoms with Gasteiger partial charge in [-0.2, -0.15) is 0 Å². The van der Waals surface area contributed by atoms with Crippen molar-refractivity contribution in [3.8, 4) is 0 Å². The number of nitro groups is 1. The highest BCUT2D eigenvalue weighted by Crippen LogP contribution is 2.39. The maximum atomic E-state index is 10.8. The molecule has 88 valence electrons. The fourth-order valence-corrected chi connectivity index (χ4v) is 2.31. The van der Waals surface area contributed by atoms with Crippen LogP contribution in [0.5, 0.6) is 0 Å². The minimum absolute atomic E-state index is 0.0326. The zero-order valence-corrected chi connectivity index (χ0v) is 10.0. The van der Waals surface area contributed by atoms with Gasteiger partial charge >= 0.3 is 5.69 Å². The molecule has 0 bridgehead atoms. The van der Waals surface area contributed by atoms with Crippen LogP contribution in [-0.2, 0) is 0 Å². The SMILES string of the molecule is C=CCN(C)c1sc([C@@H](C)O)cc1[N+](=O)[O-]. The Morgan fingerprint density at radius 1 is 1.81 bits per heavy atom. The fraction of sp³-hybridized carbons (Fsp3) is 0.400. The Balaban J connectivity index is 3.14. The molecular formula is C10H14N2O3S. The summed E-state index contributed by atoms with van der Waals surface area (Å²) < 4.78 is 0. The standard InChI is InChI=1S/C10H14N2O3S/c1-4-5-11(3)10-8(12(14)15)6-9(16-10)7(2)13/h4,6-7,13H,1,5H2,2-3H3/t7-/m1/s1. The van der Waals surface area contributed by atoms with Crippen LogP contribution in [0.2, 0.25) is 0 Å². The topological polar surface area (TPSA) is 66.6 Å². The fourth-order valence-electron chi connectivity index (χ4n) is 1.28. The van der Waals surface area contributed by atoms with E-state index in [9.17, 15) is 15.2 Å². The van der Waals surface area contributed by atoms with Gasteiger partial charge in [-0.15, -0.1) is 17.9 Å². The predicted octanol–water partition coefficient (Wildman–Crippen LogP) is 2.33. The molecule has 0 saturated heterocycles. The maximum Gasteiger partial charge on any atom is 0.304 e. The zero-order valence-electron chi connectivity index (χ0n) is 9.21. The van der Waals surface area contributed by atoms with Crippen LogP contribution in [0.4, 0.5) is 10.7 Å². The largest absolute Gasteiger partial charge is 0.388 e. The minimum Gasteiger partial charge on any atom is -0.388 e. The molecule has 0 aromatic carbocycles. The molecular weight excluding hydrogens is 228 g/mol. The van der Waals surface area contributed by atoms with E-state index in [-0.39, 0.29) is 5.69 Å². The lowest BCUT2D eigenvalue weighted by molar-refractivity contribution is -0.383. The van der Waals surface area contributed by atoms with Crippen LogP contribution in [0.3, 0.4) is 0 Å². The van der Waals surface area contributed by atoms with Crippen LogP contribution in [0.25, 0.3) is 0 Å². The second-order valence-corrected chi connectivity index (χ2v) is 4.50. The molecule has 16 heavy (non-hydrogen) atoms.